The number of aliphatic hydroxyl groups excluding tert-OH is 1. The van der Waals surface area contributed by atoms with Gasteiger partial charge in [-0.1, -0.05) is 116 Å². The summed E-state index contributed by atoms with van der Waals surface area (Å²) in [4.78, 5) is 16.7. The second-order valence-electron chi connectivity index (χ2n) is 16.5. The first-order valence-electron chi connectivity index (χ1n) is 18.0. The van der Waals surface area contributed by atoms with Gasteiger partial charge in [0.1, 0.15) is 11.5 Å². The molecule has 0 amide bonds. The number of ether oxygens (including phenoxy) is 1. The fourth-order valence-corrected chi connectivity index (χ4v) is 6.64. The van der Waals surface area contributed by atoms with Crippen molar-refractivity contribution in [3.63, 3.8) is 0 Å². The molecule has 5 rings (SSSR count). The standard InChI is InChI=1S/C30H32NO.C14H26O2.Ir/c1-18-8-9-22-21(12-18)15-23-27-26-20(10-11-31-27)13-19(16-29(2,3)4)14-25(26)32-28(23)24(22)17-30(5,6)7;1-6-11(7-2)12(15)10-13(16)14(5,8-3)9-4;/h8-14H,16-17H2,1-7H3;10-11,16H,6-9H2,1-5H3;/q-1;;/b;13-10-;. The first kappa shape index (κ1) is 40.4. The Hall–Kier alpha value is -3.01. The smallest absolute Gasteiger partial charge is 0.162 e. The zero-order valence-electron chi connectivity index (χ0n) is 32.0. The summed E-state index contributed by atoms with van der Waals surface area (Å²) in [5, 5.41) is 14.7. The molecule has 49 heavy (non-hydrogen) atoms. The van der Waals surface area contributed by atoms with Crippen molar-refractivity contribution >= 4 is 27.3 Å². The van der Waals surface area contributed by atoms with Crippen molar-refractivity contribution in [1.29, 1.82) is 0 Å². The average Bonchev–Trinajstić information content (AvgIpc) is 3.00. The van der Waals surface area contributed by atoms with Gasteiger partial charge in [0.15, 0.2) is 5.78 Å². The van der Waals surface area contributed by atoms with Crippen LogP contribution in [0.3, 0.4) is 0 Å². The summed E-state index contributed by atoms with van der Waals surface area (Å²) in [5.41, 5.74) is 5.87. The van der Waals surface area contributed by atoms with E-state index in [0.29, 0.717) is 0 Å². The molecule has 267 valence electrons. The van der Waals surface area contributed by atoms with Crippen LogP contribution in [0.15, 0.2) is 54.4 Å². The summed E-state index contributed by atoms with van der Waals surface area (Å²) < 4.78 is 6.75. The van der Waals surface area contributed by atoms with Crippen LogP contribution in [0, 0.1) is 35.2 Å². The van der Waals surface area contributed by atoms with Crippen LogP contribution in [0.4, 0.5) is 0 Å². The van der Waals surface area contributed by atoms with Crippen molar-refractivity contribution < 1.29 is 34.7 Å². The van der Waals surface area contributed by atoms with E-state index in [9.17, 15) is 9.90 Å². The van der Waals surface area contributed by atoms with Crippen molar-refractivity contribution in [2.24, 2.45) is 22.2 Å². The molecule has 0 saturated carbocycles. The van der Waals surface area contributed by atoms with E-state index in [1.165, 1.54) is 33.5 Å². The number of nitrogens with zero attached hydrogens (tertiary/aromatic N) is 1. The number of rotatable bonds is 9. The average molecular weight is 841 g/mol. The van der Waals surface area contributed by atoms with E-state index in [1.54, 1.807) is 0 Å². The topological polar surface area (TPSA) is 59.4 Å². The summed E-state index contributed by atoms with van der Waals surface area (Å²) in [6.07, 6.45) is 8.68. The second-order valence-corrected chi connectivity index (χ2v) is 16.5. The fraction of sp³-hybridized carbons (Fsp3) is 0.500. The Morgan fingerprint density at radius 2 is 1.55 bits per heavy atom. The molecule has 1 aliphatic rings. The van der Waals surface area contributed by atoms with Gasteiger partial charge >= 0.3 is 0 Å². The quantitative estimate of drug-likeness (QED) is 0.0912. The number of allylic oxidation sites excluding steroid dienone is 2. The monoisotopic (exact) mass is 841 g/mol. The van der Waals surface area contributed by atoms with E-state index in [1.807, 2.05) is 40.8 Å². The maximum absolute atomic E-state index is 11.9. The summed E-state index contributed by atoms with van der Waals surface area (Å²) in [6.45, 7) is 25.9. The molecule has 0 bridgehead atoms. The molecule has 5 heteroatoms. The molecule has 3 aromatic carbocycles. The minimum atomic E-state index is -0.248. The van der Waals surface area contributed by atoms with Gasteiger partial charge in [0.2, 0.25) is 0 Å². The van der Waals surface area contributed by atoms with Crippen LogP contribution in [0.5, 0.6) is 11.5 Å². The number of carbonyl (C=O) groups excluding carboxylic acids is 1. The summed E-state index contributed by atoms with van der Waals surface area (Å²) in [5.74, 6) is 2.22. The van der Waals surface area contributed by atoms with E-state index in [4.69, 9.17) is 9.72 Å². The molecule has 0 atom stereocenters. The number of aromatic nitrogens is 1. The molecular formula is C44H58IrNO3-. The van der Waals surface area contributed by atoms with Crippen LogP contribution in [0.1, 0.15) is 119 Å². The van der Waals surface area contributed by atoms with Crippen LogP contribution < -0.4 is 4.74 Å². The molecule has 0 aliphatic carbocycles. The van der Waals surface area contributed by atoms with E-state index in [2.05, 4.69) is 90.9 Å². The number of pyridine rings is 1. The minimum Gasteiger partial charge on any atom is -0.512 e. The van der Waals surface area contributed by atoms with Crippen molar-refractivity contribution in [1.82, 2.24) is 4.98 Å². The number of ketones is 1. The van der Waals surface area contributed by atoms with Crippen molar-refractivity contribution in [3.8, 4) is 22.8 Å². The zero-order chi connectivity index (χ0) is 35.6. The molecule has 4 aromatic rings. The van der Waals surface area contributed by atoms with Gasteiger partial charge in [0.05, 0.1) is 5.75 Å². The SMILES string of the molecule is CCC(CC)C(=O)/C=C(\O)C(C)(CC)CC.Cc1ccc2c(CC(C)(C)C)c3c([c-]c2c1)-c1nccc2cc(CC(C)(C)C)cc(c12)O3.[Ir]. The molecule has 0 fully saturated rings. The third-order valence-corrected chi connectivity index (χ3v) is 9.88. The molecule has 1 aromatic heterocycles. The Balaban J connectivity index is 0.000000328. The molecule has 1 N–H and O–H groups in total. The Morgan fingerprint density at radius 1 is 0.918 bits per heavy atom. The molecule has 4 nitrogen and oxygen atoms in total. The predicted molar refractivity (Wildman–Crippen MR) is 203 cm³/mol. The molecule has 1 aliphatic heterocycles. The van der Waals surface area contributed by atoms with E-state index in [-0.39, 0.29) is 53.8 Å². The number of aliphatic hydroxyl groups is 1. The van der Waals surface area contributed by atoms with Gasteiger partial charge in [-0.25, -0.2) is 0 Å². The van der Waals surface area contributed by atoms with Gasteiger partial charge < -0.3 is 9.84 Å². The third-order valence-electron chi connectivity index (χ3n) is 9.88. The second kappa shape index (κ2) is 15.9. The predicted octanol–water partition coefficient (Wildman–Crippen LogP) is 12.7. The van der Waals surface area contributed by atoms with Crippen LogP contribution in [0.2, 0.25) is 0 Å². The van der Waals surface area contributed by atoms with Gasteiger partial charge in [-0.05, 0) is 79.4 Å². The Morgan fingerprint density at radius 3 is 2.12 bits per heavy atom. The number of carbonyl (C=O) groups is 1. The first-order chi connectivity index (χ1) is 22.4. The molecular weight excluding hydrogens is 783 g/mol. The molecule has 1 radical (unpaired) electrons. The Bertz CT molecular complexity index is 1810. The van der Waals surface area contributed by atoms with E-state index in [0.717, 1.165) is 72.1 Å². The number of hydrogen-bond acceptors (Lipinski definition) is 4. The molecule has 2 heterocycles. The van der Waals surface area contributed by atoms with Gasteiger partial charge in [-0.2, -0.15) is 0 Å². The van der Waals surface area contributed by atoms with Crippen LogP contribution in [-0.4, -0.2) is 15.9 Å². The maximum Gasteiger partial charge on any atom is 0.162 e. The summed E-state index contributed by atoms with van der Waals surface area (Å²) >= 11 is 0. The van der Waals surface area contributed by atoms with Crippen LogP contribution in [0.25, 0.3) is 32.8 Å². The van der Waals surface area contributed by atoms with Crippen LogP contribution >= 0.6 is 0 Å². The largest absolute Gasteiger partial charge is 0.512 e. The molecule has 0 saturated heterocycles. The van der Waals surface area contributed by atoms with Gasteiger partial charge in [0.25, 0.3) is 0 Å². The van der Waals surface area contributed by atoms with E-state index >= 15 is 0 Å². The van der Waals surface area contributed by atoms with Gasteiger partial charge in [-0.15, -0.1) is 17.5 Å². The molecule has 0 spiro atoms. The van der Waals surface area contributed by atoms with Crippen molar-refractivity contribution in [2.45, 2.75) is 122 Å². The summed E-state index contributed by atoms with van der Waals surface area (Å²) in [6, 6.07) is 16.9. The first-order valence-corrected chi connectivity index (χ1v) is 18.0. The molecule has 0 unspecified atom stereocenters. The summed E-state index contributed by atoms with van der Waals surface area (Å²) in [7, 11) is 0. The number of fused-ring (bicyclic) bond motifs is 3. The Kier molecular flexibility index (Phi) is 13.1. The fourth-order valence-electron chi connectivity index (χ4n) is 6.64. The third kappa shape index (κ3) is 9.41. The minimum absolute atomic E-state index is 0. The van der Waals surface area contributed by atoms with E-state index < -0.39 is 0 Å². The van der Waals surface area contributed by atoms with Crippen molar-refractivity contribution in [2.75, 3.05) is 0 Å². The van der Waals surface area contributed by atoms with Gasteiger partial charge in [-0.3, -0.25) is 9.78 Å². The van der Waals surface area contributed by atoms with Gasteiger partial charge in [0, 0.05) is 54.8 Å². The maximum atomic E-state index is 11.9. The number of hydrogen-bond donors (Lipinski definition) is 1. The number of aryl methyl sites for hydroxylation is 1. The normalized spacial score (nSPS) is 13.0. The van der Waals surface area contributed by atoms with Crippen LogP contribution in [-0.2, 0) is 37.7 Å². The Labute approximate surface area is 309 Å². The van der Waals surface area contributed by atoms with Crippen molar-refractivity contribution in [3.05, 3.63) is 77.2 Å². The number of benzene rings is 3. The zero-order valence-corrected chi connectivity index (χ0v) is 34.4.